The molecule has 2 rings (SSSR count). The Bertz CT molecular complexity index is 360. The van der Waals surface area contributed by atoms with Gasteiger partial charge in [-0.15, -0.1) is 0 Å². The van der Waals surface area contributed by atoms with E-state index in [-0.39, 0.29) is 0 Å². The van der Waals surface area contributed by atoms with Crippen LogP contribution in [0.25, 0.3) is 0 Å². The molecule has 0 amide bonds. The molecular weight excluding hydrogens is 228 g/mol. The van der Waals surface area contributed by atoms with Gasteiger partial charge in [0.15, 0.2) is 0 Å². The smallest absolute Gasteiger partial charge is 0.0134 e. The largest absolute Gasteiger partial charge is 0.0654 e. The molecule has 1 fully saturated rings. The number of hydrogen-bond donors (Lipinski definition) is 0. The predicted molar refractivity (Wildman–Crippen MR) is 84.7 cm³/mol. The van der Waals surface area contributed by atoms with Gasteiger partial charge in [-0.1, -0.05) is 63.8 Å². The summed E-state index contributed by atoms with van der Waals surface area (Å²) in [5, 5.41) is 0. The molecule has 0 heterocycles. The first-order valence-electron chi connectivity index (χ1n) is 8.44. The molecule has 0 aromatic heterocycles. The van der Waals surface area contributed by atoms with Crippen LogP contribution < -0.4 is 0 Å². The van der Waals surface area contributed by atoms with Crippen molar-refractivity contribution in [3.8, 4) is 0 Å². The molecule has 0 spiro atoms. The Balaban J connectivity index is 2.16. The molecule has 1 atom stereocenters. The number of benzene rings is 1. The van der Waals surface area contributed by atoms with E-state index in [1.165, 1.54) is 57.8 Å². The van der Waals surface area contributed by atoms with E-state index in [1.807, 2.05) is 0 Å². The van der Waals surface area contributed by atoms with Gasteiger partial charge < -0.3 is 0 Å². The van der Waals surface area contributed by atoms with E-state index >= 15 is 0 Å². The average molecular weight is 258 g/mol. The van der Waals surface area contributed by atoms with E-state index in [2.05, 4.69) is 38.1 Å². The summed E-state index contributed by atoms with van der Waals surface area (Å²) in [5.74, 6) is 1.76. The maximum absolute atomic E-state index is 2.41. The molecular formula is C19H30. The van der Waals surface area contributed by atoms with Gasteiger partial charge in [-0.05, 0) is 55.1 Å². The molecule has 1 saturated carbocycles. The van der Waals surface area contributed by atoms with Gasteiger partial charge in [-0.2, -0.15) is 0 Å². The molecule has 0 nitrogen and oxygen atoms in total. The summed E-state index contributed by atoms with van der Waals surface area (Å²) in [6.07, 6.45) is 12.5. The van der Waals surface area contributed by atoms with Gasteiger partial charge >= 0.3 is 0 Å². The topological polar surface area (TPSA) is 0 Å². The number of rotatable bonds is 6. The normalized spacial score (nSPS) is 18.4. The van der Waals surface area contributed by atoms with E-state index in [0.29, 0.717) is 0 Å². The van der Waals surface area contributed by atoms with Gasteiger partial charge in [0, 0.05) is 0 Å². The predicted octanol–water partition coefficient (Wildman–Crippen LogP) is 6.10. The second kappa shape index (κ2) is 7.72. The fourth-order valence-electron chi connectivity index (χ4n) is 3.83. The highest BCUT2D eigenvalue weighted by atomic mass is 14.3. The van der Waals surface area contributed by atoms with Crippen LogP contribution >= 0.6 is 0 Å². The standard InChI is InChI=1S/C19H30/c1-3-5-11-17-14-9-10-15-19(17)18(4-2)16-12-7-6-8-13-16/h9-10,14-16,18H,3-8,11-13H2,1-2H3. The lowest BCUT2D eigenvalue weighted by Crippen LogP contribution is -2.17. The maximum atomic E-state index is 2.41. The van der Waals surface area contributed by atoms with Gasteiger partial charge in [0.1, 0.15) is 0 Å². The lowest BCUT2D eigenvalue weighted by Gasteiger charge is -2.31. The van der Waals surface area contributed by atoms with Crippen LogP contribution in [-0.2, 0) is 6.42 Å². The highest BCUT2D eigenvalue weighted by molar-refractivity contribution is 5.31. The summed E-state index contributed by atoms with van der Waals surface area (Å²) in [5.41, 5.74) is 3.30. The first-order chi connectivity index (χ1) is 9.36. The summed E-state index contributed by atoms with van der Waals surface area (Å²) >= 11 is 0. The molecule has 1 aromatic carbocycles. The van der Waals surface area contributed by atoms with Crippen molar-refractivity contribution in [1.29, 1.82) is 0 Å². The quantitative estimate of drug-likeness (QED) is 0.578. The van der Waals surface area contributed by atoms with Crippen molar-refractivity contribution in [2.75, 3.05) is 0 Å². The molecule has 1 unspecified atom stereocenters. The van der Waals surface area contributed by atoms with E-state index in [1.54, 1.807) is 11.1 Å². The molecule has 1 aromatic rings. The Morgan fingerprint density at radius 1 is 1.05 bits per heavy atom. The first kappa shape index (κ1) is 14.6. The van der Waals surface area contributed by atoms with E-state index in [0.717, 1.165) is 11.8 Å². The second-order valence-electron chi connectivity index (χ2n) is 6.22. The van der Waals surface area contributed by atoms with Gasteiger partial charge in [-0.3, -0.25) is 0 Å². The maximum Gasteiger partial charge on any atom is -0.0134 e. The monoisotopic (exact) mass is 258 g/mol. The first-order valence-corrected chi connectivity index (χ1v) is 8.44. The Morgan fingerprint density at radius 3 is 2.47 bits per heavy atom. The summed E-state index contributed by atoms with van der Waals surface area (Å²) < 4.78 is 0. The fourth-order valence-corrected chi connectivity index (χ4v) is 3.83. The molecule has 0 radical (unpaired) electrons. The van der Waals surface area contributed by atoms with Gasteiger partial charge in [0.05, 0.1) is 0 Å². The summed E-state index contributed by atoms with van der Waals surface area (Å²) in [4.78, 5) is 0. The van der Waals surface area contributed by atoms with E-state index in [9.17, 15) is 0 Å². The van der Waals surface area contributed by atoms with E-state index < -0.39 is 0 Å². The fraction of sp³-hybridized carbons (Fsp3) is 0.684. The van der Waals surface area contributed by atoms with Crippen LogP contribution in [0.5, 0.6) is 0 Å². The zero-order valence-corrected chi connectivity index (χ0v) is 12.8. The van der Waals surface area contributed by atoms with Crippen molar-refractivity contribution in [2.45, 2.75) is 77.6 Å². The molecule has 0 bridgehead atoms. The van der Waals surface area contributed by atoms with Crippen LogP contribution in [0.1, 0.15) is 82.3 Å². The lowest BCUT2D eigenvalue weighted by atomic mass is 9.74. The zero-order chi connectivity index (χ0) is 13.5. The highest BCUT2D eigenvalue weighted by Crippen LogP contribution is 2.39. The van der Waals surface area contributed by atoms with Crippen molar-refractivity contribution < 1.29 is 0 Å². The van der Waals surface area contributed by atoms with Crippen LogP contribution in [0.3, 0.4) is 0 Å². The summed E-state index contributed by atoms with van der Waals surface area (Å²) in [7, 11) is 0. The minimum absolute atomic E-state index is 0.813. The molecule has 0 aliphatic heterocycles. The number of aryl methyl sites for hydroxylation is 1. The van der Waals surface area contributed by atoms with Gasteiger partial charge in [-0.25, -0.2) is 0 Å². The highest BCUT2D eigenvalue weighted by Gasteiger charge is 2.24. The molecule has 0 heteroatoms. The zero-order valence-electron chi connectivity index (χ0n) is 12.8. The van der Waals surface area contributed by atoms with Crippen LogP contribution in [0.15, 0.2) is 24.3 Å². The number of hydrogen-bond acceptors (Lipinski definition) is 0. The van der Waals surface area contributed by atoms with Crippen molar-refractivity contribution in [3.63, 3.8) is 0 Å². The van der Waals surface area contributed by atoms with E-state index in [4.69, 9.17) is 0 Å². The summed E-state index contributed by atoms with van der Waals surface area (Å²) in [6, 6.07) is 9.25. The van der Waals surface area contributed by atoms with Crippen LogP contribution in [0.4, 0.5) is 0 Å². The lowest BCUT2D eigenvalue weighted by molar-refractivity contribution is 0.298. The Hall–Kier alpha value is -0.780. The summed E-state index contributed by atoms with van der Waals surface area (Å²) in [6.45, 7) is 4.68. The molecule has 1 aliphatic carbocycles. The van der Waals surface area contributed by atoms with Crippen LogP contribution in [-0.4, -0.2) is 0 Å². The molecule has 19 heavy (non-hydrogen) atoms. The van der Waals surface area contributed by atoms with Crippen molar-refractivity contribution >= 4 is 0 Å². The van der Waals surface area contributed by atoms with Crippen molar-refractivity contribution in [3.05, 3.63) is 35.4 Å². The van der Waals surface area contributed by atoms with Crippen molar-refractivity contribution in [1.82, 2.24) is 0 Å². The minimum Gasteiger partial charge on any atom is -0.0654 e. The Morgan fingerprint density at radius 2 is 1.79 bits per heavy atom. The molecule has 0 saturated heterocycles. The number of unbranched alkanes of at least 4 members (excludes halogenated alkanes) is 1. The van der Waals surface area contributed by atoms with Gasteiger partial charge in [0.25, 0.3) is 0 Å². The Labute approximate surface area is 119 Å². The van der Waals surface area contributed by atoms with Crippen LogP contribution in [0, 0.1) is 5.92 Å². The van der Waals surface area contributed by atoms with Crippen LogP contribution in [0.2, 0.25) is 0 Å². The third-order valence-electron chi connectivity index (χ3n) is 4.91. The second-order valence-corrected chi connectivity index (χ2v) is 6.22. The SMILES string of the molecule is CCCCc1ccccc1C(CC)C1CCCCC1. The minimum atomic E-state index is 0.813. The van der Waals surface area contributed by atoms with Crippen molar-refractivity contribution in [2.24, 2.45) is 5.92 Å². The average Bonchev–Trinajstić information content (AvgIpc) is 2.48. The molecule has 1 aliphatic rings. The Kier molecular flexibility index (Phi) is 5.94. The molecule has 0 N–H and O–H groups in total. The third-order valence-corrected chi connectivity index (χ3v) is 4.91. The van der Waals surface area contributed by atoms with Gasteiger partial charge in [0.2, 0.25) is 0 Å². The third kappa shape index (κ3) is 3.84. The molecule has 106 valence electrons.